The zero-order chi connectivity index (χ0) is 31.1. The molecular weight excluding hydrogens is 526 g/mol. The summed E-state index contributed by atoms with van der Waals surface area (Å²) in [6, 6.07) is 14.7. The molecule has 3 amide bonds. The Labute approximate surface area is 252 Å². The molecule has 0 aliphatic heterocycles. The van der Waals surface area contributed by atoms with Gasteiger partial charge in [0.25, 0.3) is 0 Å². The van der Waals surface area contributed by atoms with Crippen LogP contribution in [0.15, 0.2) is 54.6 Å². The molecule has 3 unspecified atom stereocenters. The van der Waals surface area contributed by atoms with Gasteiger partial charge in [-0.25, -0.2) is 4.79 Å². The molecule has 0 saturated heterocycles. The van der Waals surface area contributed by atoms with E-state index >= 15 is 0 Å². The number of nitrogens with one attached hydrogen (secondary N) is 2. The standard InChI is InChI=1S/C35H49N3O4/c1-8-11-12-18-24-38(31(32(39)36-26(4)19-9-2)29-23-17-16-22-28(29)10-3)33(40)30(25-27-20-14-13-15-21-27)37-34(41)42-35(5,6)7/h3,13-17,20-23,26,30-31H,8-9,11-12,18-19,24-25H2,1-2,4-7H3,(H,36,39)(H,37,41). The molecule has 2 N–H and O–H groups in total. The molecule has 0 heterocycles. The van der Waals surface area contributed by atoms with Crippen LogP contribution < -0.4 is 10.6 Å². The Morgan fingerprint density at radius 2 is 1.60 bits per heavy atom. The van der Waals surface area contributed by atoms with Crippen molar-refractivity contribution in [3.8, 4) is 12.3 Å². The van der Waals surface area contributed by atoms with E-state index in [0.29, 0.717) is 24.1 Å². The number of amides is 3. The average molecular weight is 576 g/mol. The maximum atomic E-state index is 14.6. The number of hydrogen-bond acceptors (Lipinski definition) is 4. The van der Waals surface area contributed by atoms with E-state index in [1.165, 1.54) is 0 Å². The third-order valence-electron chi connectivity index (χ3n) is 6.89. The minimum absolute atomic E-state index is 0.0833. The highest BCUT2D eigenvalue weighted by Gasteiger charge is 2.37. The maximum absolute atomic E-state index is 14.6. The summed E-state index contributed by atoms with van der Waals surface area (Å²) in [5, 5.41) is 5.93. The van der Waals surface area contributed by atoms with Crippen LogP contribution in [0, 0.1) is 12.3 Å². The Kier molecular flexibility index (Phi) is 14.1. The molecule has 0 radical (unpaired) electrons. The Morgan fingerprint density at radius 1 is 0.929 bits per heavy atom. The molecule has 0 aliphatic rings. The number of terminal acetylenes is 1. The van der Waals surface area contributed by atoms with Gasteiger partial charge in [-0.15, -0.1) is 6.42 Å². The number of rotatable bonds is 15. The molecule has 2 rings (SSSR count). The van der Waals surface area contributed by atoms with Crippen molar-refractivity contribution in [2.45, 2.75) is 110 Å². The van der Waals surface area contributed by atoms with Crippen molar-refractivity contribution in [3.63, 3.8) is 0 Å². The lowest BCUT2D eigenvalue weighted by Gasteiger charge is -2.35. The van der Waals surface area contributed by atoms with Crippen molar-refractivity contribution >= 4 is 17.9 Å². The van der Waals surface area contributed by atoms with Crippen LogP contribution in [0.4, 0.5) is 4.79 Å². The highest BCUT2D eigenvalue weighted by molar-refractivity contribution is 5.92. The Balaban J connectivity index is 2.61. The minimum atomic E-state index is -0.968. The number of nitrogens with zero attached hydrogens (tertiary/aromatic N) is 1. The van der Waals surface area contributed by atoms with Crippen molar-refractivity contribution < 1.29 is 19.1 Å². The van der Waals surface area contributed by atoms with Crippen molar-refractivity contribution in [1.29, 1.82) is 0 Å². The number of unbranched alkanes of at least 4 members (excludes halogenated alkanes) is 3. The quantitative estimate of drug-likeness (QED) is 0.186. The second-order valence-electron chi connectivity index (χ2n) is 11.8. The smallest absolute Gasteiger partial charge is 0.408 e. The van der Waals surface area contributed by atoms with Gasteiger partial charge in [0.1, 0.15) is 17.7 Å². The van der Waals surface area contributed by atoms with Crippen molar-refractivity contribution in [1.82, 2.24) is 15.5 Å². The Morgan fingerprint density at radius 3 is 2.21 bits per heavy atom. The topological polar surface area (TPSA) is 87.7 Å². The average Bonchev–Trinajstić information content (AvgIpc) is 2.93. The van der Waals surface area contributed by atoms with Gasteiger partial charge in [0.2, 0.25) is 11.8 Å². The lowest BCUT2D eigenvalue weighted by Crippen LogP contribution is -2.54. The zero-order valence-corrected chi connectivity index (χ0v) is 26.2. The largest absolute Gasteiger partial charge is 0.444 e. The van der Waals surface area contributed by atoms with Crippen LogP contribution >= 0.6 is 0 Å². The fourth-order valence-corrected chi connectivity index (χ4v) is 4.92. The van der Waals surface area contributed by atoms with Crippen molar-refractivity contribution in [2.24, 2.45) is 0 Å². The van der Waals surface area contributed by atoms with Crippen LogP contribution in [0.3, 0.4) is 0 Å². The molecule has 0 saturated carbocycles. The molecule has 0 aromatic heterocycles. The maximum Gasteiger partial charge on any atom is 0.408 e. The summed E-state index contributed by atoms with van der Waals surface area (Å²) in [5.74, 6) is 2.04. The van der Waals surface area contributed by atoms with Crippen LogP contribution in [0.1, 0.15) is 103 Å². The minimum Gasteiger partial charge on any atom is -0.444 e. The van der Waals surface area contributed by atoms with Crippen molar-refractivity contribution in [2.75, 3.05) is 6.54 Å². The summed E-state index contributed by atoms with van der Waals surface area (Å²) in [5.41, 5.74) is 1.26. The van der Waals surface area contributed by atoms with E-state index in [2.05, 4.69) is 30.4 Å². The van der Waals surface area contributed by atoms with Gasteiger partial charge in [-0.3, -0.25) is 9.59 Å². The first-order valence-corrected chi connectivity index (χ1v) is 15.2. The highest BCUT2D eigenvalue weighted by Crippen LogP contribution is 2.27. The van der Waals surface area contributed by atoms with E-state index in [1.54, 1.807) is 31.7 Å². The number of benzene rings is 2. The van der Waals surface area contributed by atoms with E-state index < -0.39 is 23.8 Å². The Bertz CT molecular complexity index is 1180. The van der Waals surface area contributed by atoms with Crippen molar-refractivity contribution in [3.05, 3.63) is 71.3 Å². The van der Waals surface area contributed by atoms with Gasteiger partial charge in [0, 0.05) is 24.6 Å². The predicted octanol–water partition coefficient (Wildman–Crippen LogP) is 6.56. The normalized spacial score (nSPS) is 13.3. The van der Waals surface area contributed by atoms with Gasteiger partial charge >= 0.3 is 6.09 Å². The molecule has 0 bridgehead atoms. The first kappa shape index (κ1) is 34.4. The zero-order valence-electron chi connectivity index (χ0n) is 26.2. The van der Waals surface area contributed by atoms with Crippen LogP contribution in [-0.4, -0.2) is 47.0 Å². The predicted molar refractivity (Wildman–Crippen MR) is 169 cm³/mol. The number of hydrogen-bond donors (Lipinski definition) is 2. The van der Waals surface area contributed by atoms with Crippen LogP contribution in [0.25, 0.3) is 0 Å². The molecular formula is C35H49N3O4. The molecule has 7 heteroatoms. The van der Waals surface area contributed by atoms with Crippen LogP contribution in [0.2, 0.25) is 0 Å². The molecule has 3 atom stereocenters. The van der Waals surface area contributed by atoms with Crippen LogP contribution in [-0.2, 0) is 20.7 Å². The second-order valence-corrected chi connectivity index (χ2v) is 11.8. The summed E-state index contributed by atoms with van der Waals surface area (Å²) < 4.78 is 5.53. The summed E-state index contributed by atoms with van der Waals surface area (Å²) in [4.78, 5) is 43.2. The molecule has 0 aliphatic carbocycles. The van der Waals surface area contributed by atoms with Crippen LogP contribution in [0.5, 0.6) is 0 Å². The van der Waals surface area contributed by atoms with Gasteiger partial charge in [-0.1, -0.05) is 94.0 Å². The van der Waals surface area contributed by atoms with E-state index in [0.717, 1.165) is 37.7 Å². The van der Waals surface area contributed by atoms with E-state index in [1.807, 2.05) is 55.5 Å². The highest BCUT2D eigenvalue weighted by atomic mass is 16.6. The lowest BCUT2D eigenvalue weighted by molar-refractivity contribution is -0.142. The summed E-state index contributed by atoms with van der Waals surface area (Å²) in [6.45, 7) is 11.8. The number of carbonyl (C=O) groups excluding carboxylic acids is 3. The lowest BCUT2D eigenvalue weighted by atomic mass is 9.96. The molecule has 228 valence electrons. The third kappa shape index (κ3) is 11.2. The van der Waals surface area contributed by atoms with Gasteiger partial charge in [0.15, 0.2) is 0 Å². The fourth-order valence-electron chi connectivity index (χ4n) is 4.92. The van der Waals surface area contributed by atoms with E-state index in [9.17, 15) is 14.4 Å². The number of ether oxygens (including phenoxy) is 1. The summed E-state index contributed by atoms with van der Waals surface area (Å²) in [6.07, 6.45) is 10.8. The fraction of sp³-hybridized carbons (Fsp3) is 0.514. The number of alkyl carbamates (subject to hydrolysis) is 1. The Hall–Kier alpha value is -3.79. The molecule has 0 spiro atoms. The molecule has 7 nitrogen and oxygen atoms in total. The number of carbonyl (C=O) groups is 3. The molecule has 42 heavy (non-hydrogen) atoms. The van der Waals surface area contributed by atoms with Gasteiger partial charge in [0.05, 0.1) is 0 Å². The summed E-state index contributed by atoms with van der Waals surface area (Å²) in [7, 11) is 0. The van der Waals surface area contributed by atoms with E-state index in [-0.39, 0.29) is 24.3 Å². The SMILES string of the molecule is C#Cc1ccccc1C(C(=O)NC(C)CCC)N(CCCCCC)C(=O)C(Cc1ccccc1)NC(=O)OC(C)(C)C. The molecule has 0 fully saturated rings. The molecule has 2 aromatic carbocycles. The second kappa shape index (κ2) is 17.2. The third-order valence-corrected chi connectivity index (χ3v) is 6.89. The summed E-state index contributed by atoms with van der Waals surface area (Å²) >= 11 is 0. The van der Waals surface area contributed by atoms with Gasteiger partial charge in [-0.05, 0) is 57.7 Å². The van der Waals surface area contributed by atoms with E-state index in [4.69, 9.17) is 11.2 Å². The first-order valence-electron chi connectivity index (χ1n) is 15.2. The monoisotopic (exact) mass is 575 g/mol. The molecule has 2 aromatic rings. The van der Waals surface area contributed by atoms with Gasteiger partial charge < -0.3 is 20.3 Å². The van der Waals surface area contributed by atoms with Gasteiger partial charge in [-0.2, -0.15) is 0 Å². The first-order chi connectivity index (χ1) is 20.0.